The third-order valence-corrected chi connectivity index (χ3v) is 6.69. The van der Waals surface area contributed by atoms with Crippen molar-refractivity contribution < 1.29 is 18.7 Å². The highest BCUT2D eigenvalue weighted by atomic mass is 32.1. The molecule has 6 nitrogen and oxygen atoms in total. The van der Waals surface area contributed by atoms with Crippen LogP contribution in [0.15, 0.2) is 28.7 Å². The van der Waals surface area contributed by atoms with Gasteiger partial charge in [-0.25, -0.2) is 0 Å². The van der Waals surface area contributed by atoms with Gasteiger partial charge in [-0.1, -0.05) is 18.2 Å². The average molecular weight is 427 g/mol. The number of hydrogen-bond acceptors (Lipinski definition) is 5. The molecule has 2 N–H and O–H groups in total. The number of benzene rings is 1. The molecule has 0 atom stereocenters. The van der Waals surface area contributed by atoms with Crippen LogP contribution in [0.5, 0.6) is 0 Å². The normalized spacial score (nSPS) is 13.3. The zero-order valence-corrected chi connectivity index (χ0v) is 18.1. The summed E-state index contributed by atoms with van der Waals surface area (Å²) in [6.45, 7) is 3.01. The number of rotatable bonds is 7. The summed E-state index contributed by atoms with van der Waals surface area (Å²) in [5.74, 6) is -0.174. The van der Waals surface area contributed by atoms with E-state index in [-0.39, 0.29) is 17.6 Å². The average Bonchev–Trinajstić information content (AvgIpc) is 3.29. The van der Waals surface area contributed by atoms with E-state index in [0.717, 1.165) is 48.6 Å². The molecular formula is C23H26N2O4S. The van der Waals surface area contributed by atoms with Crippen molar-refractivity contribution in [3.8, 4) is 0 Å². The van der Waals surface area contributed by atoms with E-state index in [9.17, 15) is 9.59 Å². The molecule has 0 bridgehead atoms. The predicted octanol–water partition coefficient (Wildman–Crippen LogP) is 4.70. The van der Waals surface area contributed by atoms with Crippen molar-refractivity contribution in [1.82, 2.24) is 5.32 Å². The zero-order chi connectivity index (χ0) is 21.1. The number of fused-ring (bicyclic) bond motifs is 2. The fourth-order valence-corrected chi connectivity index (χ4v) is 5.23. The summed E-state index contributed by atoms with van der Waals surface area (Å²) in [7, 11) is 1.64. The van der Waals surface area contributed by atoms with Crippen LogP contribution < -0.4 is 10.6 Å². The van der Waals surface area contributed by atoms with Gasteiger partial charge >= 0.3 is 0 Å². The number of carbonyl (C=O) groups is 2. The van der Waals surface area contributed by atoms with E-state index in [4.69, 9.17) is 9.15 Å². The fraction of sp³-hybridized carbons (Fsp3) is 0.391. The molecule has 0 aliphatic heterocycles. The topological polar surface area (TPSA) is 80.6 Å². The van der Waals surface area contributed by atoms with Gasteiger partial charge in [-0.3, -0.25) is 9.59 Å². The Kier molecular flexibility index (Phi) is 6.20. The Bertz CT molecular complexity index is 1080. The van der Waals surface area contributed by atoms with Gasteiger partial charge < -0.3 is 19.8 Å². The van der Waals surface area contributed by atoms with E-state index in [1.807, 2.05) is 31.2 Å². The van der Waals surface area contributed by atoms with Crippen molar-refractivity contribution in [2.45, 2.75) is 39.0 Å². The third-order valence-electron chi connectivity index (χ3n) is 5.49. The molecule has 30 heavy (non-hydrogen) atoms. The second kappa shape index (κ2) is 9.02. The molecule has 158 valence electrons. The molecule has 2 heterocycles. The van der Waals surface area contributed by atoms with Gasteiger partial charge in [0.15, 0.2) is 5.76 Å². The number of carbonyl (C=O) groups excluding carboxylic acids is 2. The van der Waals surface area contributed by atoms with Crippen molar-refractivity contribution in [1.29, 1.82) is 0 Å². The molecule has 0 radical (unpaired) electrons. The standard InChI is InChI=1S/C23H26N2O4S/c1-14-15-8-3-5-10-17(15)29-20(14)22(27)25-23-19(21(26)24-12-7-13-28-2)16-9-4-6-11-18(16)30-23/h3,5,8,10H,4,6-7,9,11-13H2,1-2H3,(H,24,26)(H,25,27). The van der Waals surface area contributed by atoms with Crippen LogP contribution in [0.1, 0.15) is 56.2 Å². The van der Waals surface area contributed by atoms with Crippen molar-refractivity contribution in [2.24, 2.45) is 0 Å². The lowest BCUT2D eigenvalue weighted by atomic mass is 9.95. The first-order valence-corrected chi connectivity index (χ1v) is 11.1. The summed E-state index contributed by atoms with van der Waals surface area (Å²) in [6.07, 6.45) is 4.73. The van der Waals surface area contributed by atoms with E-state index in [1.165, 1.54) is 16.2 Å². The van der Waals surface area contributed by atoms with Crippen LogP contribution in [-0.2, 0) is 17.6 Å². The van der Waals surface area contributed by atoms with Crippen LogP contribution in [0.4, 0.5) is 5.00 Å². The van der Waals surface area contributed by atoms with E-state index < -0.39 is 0 Å². The number of furan rings is 1. The van der Waals surface area contributed by atoms with Gasteiger partial charge in [0.2, 0.25) is 0 Å². The molecular weight excluding hydrogens is 400 g/mol. The largest absolute Gasteiger partial charge is 0.451 e. The summed E-state index contributed by atoms with van der Waals surface area (Å²) in [5.41, 5.74) is 3.16. The molecule has 4 rings (SSSR count). The van der Waals surface area contributed by atoms with Crippen LogP contribution >= 0.6 is 11.3 Å². The lowest BCUT2D eigenvalue weighted by Gasteiger charge is -2.13. The highest BCUT2D eigenvalue weighted by Gasteiger charge is 2.27. The second-order valence-corrected chi connectivity index (χ2v) is 8.63. The third kappa shape index (κ3) is 4.00. The Balaban J connectivity index is 1.61. The summed E-state index contributed by atoms with van der Waals surface area (Å²) in [4.78, 5) is 27.2. The summed E-state index contributed by atoms with van der Waals surface area (Å²) < 4.78 is 10.9. The minimum atomic E-state index is -0.323. The molecule has 1 aromatic carbocycles. The summed E-state index contributed by atoms with van der Waals surface area (Å²) >= 11 is 1.51. The van der Waals surface area contributed by atoms with Crippen LogP contribution in [0, 0.1) is 6.92 Å². The molecule has 7 heteroatoms. The maximum atomic E-state index is 13.0. The molecule has 0 saturated carbocycles. The van der Waals surface area contributed by atoms with Gasteiger partial charge in [0.05, 0.1) is 5.56 Å². The van der Waals surface area contributed by atoms with Gasteiger partial charge in [-0.2, -0.15) is 0 Å². The molecule has 3 aromatic rings. The highest BCUT2D eigenvalue weighted by molar-refractivity contribution is 7.17. The lowest BCUT2D eigenvalue weighted by Crippen LogP contribution is -2.27. The number of thiophene rings is 1. The quantitative estimate of drug-likeness (QED) is 0.537. The monoisotopic (exact) mass is 426 g/mol. The predicted molar refractivity (Wildman–Crippen MR) is 119 cm³/mol. The smallest absolute Gasteiger partial charge is 0.292 e. The maximum absolute atomic E-state index is 13.0. The van der Waals surface area contributed by atoms with Gasteiger partial charge in [0.1, 0.15) is 10.6 Å². The molecule has 2 amide bonds. The number of ether oxygens (including phenoxy) is 1. The van der Waals surface area contributed by atoms with E-state index in [1.54, 1.807) is 7.11 Å². The fourth-order valence-electron chi connectivity index (χ4n) is 3.95. The number of nitrogens with one attached hydrogen (secondary N) is 2. The molecule has 0 spiro atoms. The Morgan fingerprint density at radius 2 is 1.97 bits per heavy atom. The molecule has 0 saturated heterocycles. The minimum absolute atomic E-state index is 0.137. The Morgan fingerprint density at radius 1 is 1.17 bits per heavy atom. The molecule has 1 aliphatic carbocycles. The van der Waals surface area contributed by atoms with E-state index in [0.29, 0.717) is 29.3 Å². The van der Waals surface area contributed by atoms with Crippen molar-refractivity contribution in [3.63, 3.8) is 0 Å². The Morgan fingerprint density at radius 3 is 2.77 bits per heavy atom. The molecule has 0 fully saturated rings. The zero-order valence-electron chi connectivity index (χ0n) is 17.3. The van der Waals surface area contributed by atoms with E-state index >= 15 is 0 Å². The van der Waals surface area contributed by atoms with Gasteiger partial charge in [0, 0.05) is 36.1 Å². The minimum Gasteiger partial charge on any atom is -0.451 e. The molecule has 1 aliphatic rings. The van der Waals surface area contributed by atoms with Crippen molar-refractivity contribution in [2.75, 3.05) is 25.6 Å². The van der Waals surface area contributed by atoms with Crippen LogP contribution in [-0.4, -0.2) is 32.1 Å². The number of anilines is 1. The number of para-hydroxylation sites is 1. The van der Waals surface area contributed by atoms with Crippen molar-refractivity contribution in [3.05, 3.63) is 51.6 Å². The summed E-state index contributed by atoms with van der Waals surface area (Å²) in [6, 6.07) is 7.59. The van der Waals surface area contributed by atoms with Crippen LogP contribution in [0.2, 0.25) is 0 Å². The number of aryl methyl sites for hydroxylation is 2. The molecule has 2 aromatic heterocycles. The first-order chi connectivity index (χ1) is 14.6. The van der Waals surface area contributed by atoms with Gasteiger partial charge in [-0.15, -0.1) is 11.3 Å². The maximum Gasteiger partial charge on any atom is 0.292 e. The first kappa shape index (κ1) is 20.6. The van der Waals surface area contributed by atoms with Gasteiger partial charge in [-0.05, 0) is 50.7 Å². The summed E-state index contributed by atoms with van der Waals surface area (Å²) in [5, 5.41) is 7.47. The van der Waals surface area contributed by atoms with Crippen molar-refractivity contribution >= 4 is 39.1 Å². The lowest BCUT2D eigenvalue weighted by molar-refractivity contribution is 0.0948. The van der Waals surface area contributed by atoms with Crippen LogP contribution in [0.3, 0.4) is 0 Å². The van der Waals surface area contributed by atoms with E-state index in [2.05, 4.69) is 10.6 Å². The van der Waals surface area contributed by atoms with Crippen LogP contribution in [0.25, 0.3) is 11.0 Å². The number of hydrogen-bond donors (Lipinski definition) is 2. The Hall–Kier alpha value is -2.64. The first-order valence-electron chi connectivity index (χ1n) is 10.3. The second-order valence-electron chi connectivity index (χ2n) is 7.52. The molecule has 0 unspecified atom stereocenters. The SMILES string of the molecule is COCCCNC(=O)c1c(NC(=O)c2oc3ccccc3c2C)sc2c1CCCC2. The van der Waals surface area contributed by atoms with Gasteiger partial charge in [0.25, 0.3) is 11.8 Å². The number of methoxy groups -OCH3 is 1. The Labute approximate surface area is 179 Å². The highest BCUT2D eigenvalue weighted by Crippen LogP contribution is 2.38. The number of amides is 2.